The molecule has 1 aromatic rings. The number of likely N-dealkylation sites (tertiary alicyclic amines) is 1. The summed E-state index contributed by atoms with van der Waals surface area (Å²) in [7, 11) is 0. The Morgan fingerprint density at radius 1 is 1.48 bits per heavy atom. The number of piperidine rings is 1. The van der Waals surface area contributed by atoms with Crippen LogP contribution in [0.25, 0.3) is 0 Å². The highest BCUT2D eigenvalue weighted by molar-refractivity contribution is 6.33. The van der Waals surface area contributed by atoms with Crippen molar-refractivity contribution in [3.63, 3.8) is 0 Å². The summed E-state index contributed by atoms with van der Waals surface area (Å²) in [6, 6.07) is 3.68. The molecule has 0 radical (unpaired) electrons. The van der Waals surface area contributed by atoms with Crippen molar-refractivity contribution in [2.75, 3.05) is 19.7 Å². The van der Waals surface area contributed by atoms with E-state index in [1.54, 1.807) is 11.8 Å². The molecule has 21 heavy (non-hydrogen) atoms. The van der Waals surface area contributed by atoms with E-state index in [4.69, 9.17) is 16.3 Å². The van der Waals surface area contributed by atoms with Crippen LogP contribution >= 0.6 is 11.6 Å². The van der Waals surface area contributed by atoms with Crippen LogP contribution < -0.4 is 0 Å². The lowest BCUT2D eigenvalue weighted by molar-refractivity contribution is -0.149. The molecule has 1 atom stereocenters. The van der Waals surface area contributed by atoms with Gasteiger partial charge in [0.2, 0.25) is 0 Å². The van der Waals surface area contributed by atoms with Crippen molar-refractivity contribution in [1.29, 1.82) is 0 Å². The smallest absolute Gasteiger partial charge is 0.310 e. The average Bonchev–Trinajstić information content (AvgIpc) is 2.47. The van der Waals surface area contributed by atoms with E-state index in [1.807, 2.05) is 0 Å². The molecule has 1 saturated heterocycles. The summed E-state index contributed by atoms with van der Waals surface area (Å²) in [5, 5.41) is 0.0817. The maximum Gasteiger partial charge on any atom is 0.310 e. The molecule has 4 nitrogen and oxygen atoms in total. The molecular formula is C15H17ClFNO3. The van der Waals surface area contributed by atoms with E-state index < -0.39 is 5.82 Å². The van der Waals surface area contributed by atoms with Gasteiger partial charge in [0, 0.05) is 13.1 Å². The third-order valence-electron chi connectivity index (χ3n) is 3.49. The lowest BCUT2D eigenvalue weighted by atomic mass is 9.97. The van der Waals surface area contributed by atoms with Gasteiger partial charge < -0.3 is 9.64 Å². The molecule has 114 valence electrons. The minimum absolute atomic E-state index is 0.0817. The van der Waals surface area contributed by atoms with Crippen molar-refractivity contribution < 1.29 is 18.7 Å². The summed E-state index contributed by atoms with van der Waals surface area (Å²) in [6.45, 7) is 2.95. The number of benzene rings is 1. The standard InChI is InChI=1S/C15H17ClFNO3/c1-2-21-15(20)10-4-3-7-18(9-10)14(19)12-6-5-11(17)8-13(12)16/h5-6,8,10H,2-4,7,9H2,1H3. The van der Waals surface area contributed by atoms with Crippen molar-refractivity contribution in [3.8, 4) is 0 Å². The average molecular weight is 314 g/mol. The number of carbonyl (C=O) groups is 2. The van der Waals surface area contributed by atoms with Crippen molar-refractivity contribution in [1.82, 2.24) is 4.90 Å². The maximum atomic E-state index is 13.0. The number of carbonyl (C=O) groups excluding carboxylic acids is 2. The van der Waals surface area contributed by atoms with E-state index in [1.165, 1.54) is 12.1 Å². The predicted octanol–water partition coefficient (Wildman–Crippen LogP) is 2.89. The van der Waals surface area contributed by atoms with E-state index in [0.29, 0.717) is 26.1 Å². The zero-order valence-corrected chi connectivity index (χ0v) is 12.5. The highest BCUT2D eigenvalue weighted by atomic mass is 35.5. The van der Waals surface area contributed by atoms with Crippen molar-refractivity contribution in [3.05, 3.63) is 34.6 Å². The van der Waals surface area contributed by atoms with Crippen LogP contribution in [-0.2, 0) is 9.53 Å². The van der Waals surface area contributed by atoms with Crippen LogP contribution in [0.4, 0.5) is 4.39 Å². The number of hydrogen-bond acceptors (Lipinski definition) is 3. The number of ether oxygens (including phenoxy) is 1. The van der Waals surface area contributed by atoms with Gasteiger partial charge in [-0.15, -0.1) is 0 Å². The van der Waals surface area contributed by atoms with Crippen molar-refractivity contribution in [2.45, 2.75) is 19.8 Å². The van der Waals surface area contributed by atoms with Gasteiger partial charge in [-0.05, 0) is 38.0 Å². The van der Waals surface area contributed by atoms with Crippen LogP contribution in [-0.4, -0.2) is 36.5 Å². The van der Waals surface area contributed by atoms with Crippen molar-refractivity contribution in [2.24, 2.45) is 5.92 Å². The van der Waals surface area contributed by atoms with Gasteiger partial charge in [-0.3, -0.25) is 9.59 Å². The predicted molar refractivity (Wildman–Crippen MR) is 76.7 cm³/mol. The lowest BCUT2D eigenvalue weighted by Gasteiger charge is -2.31. The molecule has 6 heteroatoms. The Bertz CT molecular complexity index is 550. The van der Waals surface area contributed by atoms with Gasteiger partial charge >= 0.3 is 5.97 Å². The molecule has 1 heterocycles. The molecule has 1 unspecified atom stereocenters. The molecule has 1 fully saturated rings. The number of rotatable bonds is 3. The number of halogens is 2. The van der Waals surface area contributed by atoms with E-state index in [0.717, 1.165) is 12.5 Å². The minimum atomic E-state index is -0.486. The van der Waals surface area contributed by atoms with Crippen molar-refractivity contribution >= 4 is 23.5 Å². The normalized spacial score (nSPS) is 18.4. The minimum Gasteiger partial charge on any atom is -0.466 e. The Morgan fingerprint density at radius 2 is 2.24 bits per heavy atom. The second-order valence-electron chi connectivity index (χ2n) is 4.97. The van der Waals surface area contributed by atoms with E-state index >= 15 is 0 Å². The first-order valence-electron chi connectivity index (χ1n) is 6.94. The molecule has 2 rings (SSSR count). The SMILES string of the molecule is CCOC(=O)C1CCCN(C(=O)c2ccc(F)cc2Cl)C1. The highest BCUT2D eigenvalue weighted by Crippen LogP contribution is 2.23. The van der Waals surface area contributed by atoms with Gasteiger partial charge in [0.25, 0.3) is 5.91 Å². The largest absolute Gasteiger partial charge is 0.466 e. The fourth-order valence-electron chi connectivity index (χ4n) is 2.45. The molecule has 1 aliphatic heterocycles. The number of hydrogen-bond donors (Lipinski definition) is 0. The van der Waals surface area contributed by atoms with Crippen LogP contribution in [0.2, 0.25) is 5.02 Å². The molecule has 0 aliphatic carbocycles. The Labute approximate surface area is 127 Å². The Balaban J connectivity index is 2.10. The molecule has 1 aliphatic rings. The third-order valence-corrected chi connectivity index (χ3v) is 3.80. The molecule has 0 bridgehead atoms. The molecule has 0 saturated carbocycles. The first kappa shape index (κ1) is 15.8. The fraction of sp³-hybridized carbons (Fsp3) is 0.467. The van der Waals surface area contributed by atoms with Gasteiger partial charge in [-0.2, -0.15) is 0 Å². The second kappa shape index (κ2) is 6.89. The Kier molecular flexibility index (Phi) is 5.17. The van der Waals surface area contributed by atoms with Gasteiger partial charge in [-0.25, -0.2) is 4.39 Å². The number of esters is 1. The summed E-state index contributed by atoms with van der Waals surface area (Å²) in [5.74, 6) is -1.35. The summed E-state index contributed by atoms with van der Waals surface area (Å²) in [6.07, 6.45) is 1.44. The zero-order chi connectivity index (χ0) is 15.4. The molecule has 1 amide bonds. The molecule has 0 aromatic heterocycles. The van der Waals surface area contributed by atoms with Gasteiger partial charge in [0.1, 0.15) is 5.82 Å². The van der Waals surface area contributed by atoms with Gasteiger partial charge in [0.05, 0.1) is 23.1 Å². The van der Waals surface area contributed by atoms with Gasteiger partial charge in [0.15, 0.2) is 0 Å². The third kappa shape index (κ3) is 3.73. The van der Waals surface area contributed by atoms with Crippen LogP contribution in [0.15, 0.2) is 18.2 Å². The highest BCUT2D eigenvalue weighted by Gasteiger charge is 2.30. The summed E-state index contributed by atoms with van der Waals surface area (Å²) in [4.78, 5) is 25.8. The molecule has 0 spiro atoms. The summed E-state index contributed by atoms with van der Waals surface area (Å²) in [5.41, 5.74) is 0.252. The van der Waals surface area contributed by atoms with Gasteiger partial charge in [-0.1, -0.05) is 11.6 Å². The number of amides is 1. The lowest BCUT2D eigenvalue weighted by Crippen LogP contribution is -2.42. The number of nitrogens with zero attached hydrogens (tertiary/aromatic N) is 1. The van der Waals surface area contributed by atoms with E-state index in [-0.39, 0.29) is 28.4 Å². The van der Waals surface area contributed by atoms with E-state index in [9.17, 15) is 14.0 Å². The first-order valence-corrected chi connectivity index (χ1v) is 7.31. The Hall–Kier alpha value is -1.62. The molecule has 1 aromatic carbocycles. The zero-order valence-electron chi connectivity index (χ0n) is 11.8. The maximum absolute atomic E-state index is 13.0. The molecule has 0 N–H and O–H groups in total. The van der Waals surface area contributed by atoms with Crippen LogP contribution in [0.5, 0.6) is 0 Å². The van der Waals surface area contributed by atoms with Crippen LogP contribution in [0.1, 0.15) is 30.1 Å². The molecular weight excluding hydrogens is 297 g/mol. The Morgan fingerprint density at radius 3 is 2.90 bits per heavy atom. The summed E-state index contributed by atoms with van der Waals surface area (Å²) >= 11 is 5.91. The van der Waals surface area contributed by atoms with E-state index in [2.05, 4.69) is 0 Å². The second-order valence-corrected chi connectivity index (χ2v) is 5.37. The topological polar surface area (TPSA) is 46.6 Å². The van der Waals surface area contributed by atoms with Crippen LogP contribution in [0.3, 0.4) is 0 Å². The monoisotopic (exact) mass is 313 g/mol. The summed E-state index contributed by atoms with van der Waals surface area (Å²) < 4.78 is 18.0. The first-order chi connectivity index (χ1) is 10.0. The quantitative estimate of drug-likeness (QED) is 0.806. The fourth-order valence-corrected chi connectivity index (χ4v) is 2.70. The van der Waals surface area contributed by atoms with Crippen LogP contribution in [0, 0.1) is 11.7 Å².